The van der Waals surface area contributed by atoms with Crippen molar-refractivity contribution in [1.82, 2.24) is 0 Å². The standard InChI is InChI=1S/C5H12N/c1-5(2)6(3)4/h1-4H3/q+1. The van der Waals surface area contributed by atoms with E-state index in [9.17, 15) is 0 Å². The van der Waals surface area contributed by atoms with Crippen LogP contribution in [0.15, 0.2) is 0 Å². The Hall–Kier alpha value is -0.330. The van der Waals surface area contributed by atoms with Gasteiger partial charge in [-0.1, -0.05) is 0 Å². The van der Waals surface area contributed by atoms with E-state index >= 15 is 0 Å². The van der Waals surface area contributed by atoms with Gasteiger partial charge in [0.1, 0.15) is 19.8 Å². The van der Waals surface area contributed by atoms with Gasteiger partial charge in [-0.2, -0.15) is 0 Å². The Morgan fingerprint density at radius 1 is 1.17 bits per heavy atom. The second-order valence-electron chi connectivity index (χ2n) is 1.84. The summed E-state index contributed by atoms with van der Waals surface area (Å²) in [6.45, 7) is 4.17. The first-order chi connectivity index (χ1) is 2.64. The minimum Gasteiger partial charge on any atom is -0.243 e. The zero-order valence-electron chi connectivity index (χ0n) is 4.95. The van der Waals surface area contributed by atoms with Crippen LogP contribution in [-0.2, 0) is 0 Å². The lowest BCUT2D eigenvalue weighted by atomic mass is 10.5. The molecule has 0 heterocycles. The molecule has 36 valence electrons. The third-order valence-electron chi connectivity index (χ3n) is 0.894. The van der Waals surface area contributed by atoms with Gasteiger partial charge in [-0.05, 0) is 0 Å². The summed E-state index contributed by atoms with van der Waals surface area (Å²) in [7, 11) is 4.07. The third-order valence-corrected chi connectivity index (χ3v) is 0.894. The zero-order chi connectivity index (χ0) is 5.15. The summed E-state index contributed by atoms with van der Waals surface area (Å²) >= 11 is 0. The highest BCUT2D eigenvalue weighted by molar-refractivity contribution is 5.73. The van der Waals surface area contributed by atoms with E-state index in [-0.39, 0.29) is 0 Å². The van der Waals surface area contributed by atoms with Crippen LogP contribution in [-0.4, -0.2) is 24.4 Å². The van der Waals surface area contributed by atoms with Gasteiger partial charge in [0.2, 0.25) is 0 Å². The smallest absolute Gasteiger partial charge is 0.145 e. The van der Waals surface area contributed by atoms with Crippen LogP contribution in [0.25, 0.3) is 0 Å². The lowest BCUT2D eigenvalue weighted by Gasteiger charge is -1.83. The largest absolute Gasteiger partial charge is 0.243 e. The van der Waals surface area contributed by atoms with Crippen LogP contribution in [0.5, 0.6) is 0 Å². The van der Waals surface area contributed by atoms with Gasteiger partial charge in [-0.25, -0.2) is 4.58 Å². The van der Waals surface area contributed by atoms with Crippen molar-refractivity contribution < 1.29 is 4.58 Å². The Bertz CT molecular complexity index is 54.0. The molecular weight excluding hydrogens is 74.1 g/mol. The molecule has 1 nitrogen and oxygen atoms in total. The van der Waals surface area contributed by atoms with Crippen LogP contribution >= 0.6 is 0 Å². The molecule has 0 saturated carbocycles. The molecule has 0 rings (SSSR count). The van der Waals surface area contributed by atoms with Gasteiger partial charge in [-0.3, -0.25) is 0 Å². The normalized spacial score (nSPS) is 8.00. The minimum atomic E-state index is 1.34. The number of nitrogens with zero attached hydrogens (tertiary/aromatic N) is 1. The molecule has 0 atom stereocenters. The van der Waals surface area contributed by atoms with E-state index in [1.165, 1.54) is 5.71 Å². The highest BCUT2D eigenvalue weighted by atomic mass is 14.9. The molecular formula is C5H12N+. The fraction of sp³-hybridized carbons (Fsp3) is 0.800. The SMILES string of the molecule is CC(C)=[N+](C)C. The van der Waals surface area contributed by atoms with Crippen molar-refractivity contribution in [1.29, 1.82) is 0 Å². The summed E-state index contributed by atoms with van der Waals surface area (Å²) < 4.78 is 2.08. The fourth-order valence-electron chi connectivity index (χ4n) is 0. The van der Waals surface area contributed by atoms with Gasteiger partial charge in [0.25, 0.3) is 0 Å². The predicted octanol–water partition coefficient (Wildman–Crippen LogP) is 0.739. The quantitative estimate of drug-likeness (QED) is 0.302. The van der Waals surface area contributed by atoms with E-state index in [0.717, 1.165) is 0 Å². The molecule has 0 aliphatic carbocycles. The molecule has 0 radical (unpaired) electrons. The Kier molecular flexibility index (Phi) is 1.85. The van der Waals surface area contributed by atoms with Crippen molar-refractivity contribution in [3.8, 4) is 0 Å². The van der Waals surface area contributed by atoms with Crippen LogP contribution in [0.1, 0.15) is 13.8 Å². The molecule has 0 fully saturated rings. The molecule has 0 aliphatic heterocycles. The van der Waals surface area contributed by atoms with Crippen LogP contribution in [0.4, 0.5) is 0 Å². The lowest BCUT2D eigenvalue weighted by molar-refractivity contribution is -0.465. The molecule has 6 heavy (non-hydrogen) atoms. The average Bonchev–Trinajstić information content (AvgIpc) is 1.36. The van der Waals surface area contributed by atoms with Crippen molar-refractivity contribution in [3.05, 3.63) is 0 Å². The van der Waals surface area contributed by atoms with Crippen LogP contribution in [0.3, 0.4) is 0 Å². The molecule has 0 N–H and O–H groups in total. The van der Waals surface area contributed by atoms with Gasteiger partial charge in [0.15, 0.2) is 0 Å². The number of hydrogen-bond acceptors (Lipinski definition) is 0. The number of hydrogen-bond donors (Lipinski definition) is 0. The molecule has 0 aromatic heterocycles. The second-order valence-corrected chi connectivity index (χ2v) is 1.84. The highest BCUT2D eigenvalue weighted by Gasteiger charge is 1.82. The van der Waals surface area contributed by atoms with Crippen molar-refractivity contribution in [3.63, 3.8) is 0 Å². The molecule has 0 bridgehead atoms. The first-order valence-corrected chi connectivity index (χ1v) is 2.12. The predicted molar refractivity (Wildman–Crippen MR) is 28.5 cm³/mol. The second kappa shape index (κ2) is 1.96. The summed E-state index contributed by atoms with van der Waals surface area (Å²) in [6.07, 6.45) is 0. The molecule has 0 unspecified atom stereocenters. The molecule has 0 aromatic rings. The van der Waals surface area contributed by atoms with Gasteiger partial charge < -0.3 is 0 Å². The van der Waals surface area contributed by atoms with Crippen LogP contribution in [0.2, 0.25) is 0 Å². The number of rotatable bonds is 0. The van der Waals surface area contributed by atoms with Crippen molar-refractivity contribution in [2.24, 2.45) is 0 Å². The van der Waals surface area contributed by atoms with E-state index in [4.69, 9.17) is 0 Å². The summed E-state index contributed by atoms with van der Waals surface area (Å²) in [5, 5.41) is 0. The molecule has 0 spiro atoms. The Balaban J connectivity index is 3.68. The van der Waals surface area contributed by atoms with Gasteiger partial charge >= 0.3 is 0 Å². The highest BCUT2D eigenvalue weighted by Crippen LogP contribution is 1.63. The Labute approximate surface area is 39.3 Å². The molecule has 0 saturated heterocycles. The van der Waals surface area contributed by atoms with E-state index < -0.39 is 0 Å². The zero-order valence-corrected chi connectivity index (χ0v) is 4.95. The molecule has 0 aliphatic rings. The maximum Gasteiger partial charge on any atom is 0.145 e. The molecule has 1 heteroatoms. The van der Waals surface area contributed by atoms with Crippen LogP contribution in [0, 0.1) is 0 Å². The summed E-state index contributed by atoms with van der Waals surface area (Å²) in [5.41, 5.74) is 1.34. The van der Waals surface area contributed by atoms with Gasteiger partial charge in [-0.15, -0.1) is 0 Å². The third kappa shape index (κ3) is 1.94. The Morgan fingerprint density at radius 2 is 1.33 bits per heavy atom. The van der Waals surface area contributed by atoms with E-state index in [1.807, 2.05) is 14.1 Å². The van der Waals surface area contributed by atoms with Crippen molar-refractivity contribution in [2.75, 3.05) is 14.1 Å². The topological polar surface area (TPSA) is 3.01 Å². The van der Waals surface area contributed by atoms with Gasteiger partial charge in [0, 0.05) is 13.8 Å². The van der Waals surface area contributed by atoms with E-state index in [2.05, 4.69) is 18.4 Å². The monoisotopic (exact) mass is 86.1 g/mol. The summed E-state index contributed by atoms with van der Waals surface area (Å²) in [4.78, 5) is 0. The first kappa shape index (κ1) is 5.67. The maximum absolute atomic E-state index is 2.08. The Morgan fingerprint density at radius 3 is 1.33 bits per heavy atom. The van der Waals surface area contributed by atoms with Crippen LogP contribution < -0.4 is 0 Å². The van der Waals surface area contributed by atoms with E-state index in [0.29, 0.717) is 0 Å². The van der Waals surface area contributed by atoms with E-state index in [1.54, 1.807) is 0 Å². The average molecular weight is 86.2 g/mol. The van der Waals surface area contributed by atoms with Crippen molar-refractivity contribution >= 4 is 5.71 Å². The van der Waals surface area contributed by atoms with Gasteiger partial charge in [0.05, 0.1) is 0 Å². The molecule has 0 amide bonds. The first-order valence-electron chi connectivity index (χ1n) is 2.12. The fourth-order valence-corrected chi connectivity index (χ4v) is 0. The summed E-state index contributed by atoms with van der Waals surface area (Å²) in [5.74, 6) is 0. The van der Waals surface area contributed by atoms with Crippen molar-refractivity contribution in [2.45, 2.75) is 13.8 Å². The lowest BCUT2D eigenvalue weighted by Crippen LogP contribution is -2.03. The minimum absolute atomic E-state index is 1.34. The summed E-state index contributed by atoms with van der Waals surface area (Å²) in [6, 6.07) is 0. The molecule has 0 aromatic carbocycles. The maximum atomic E-state index is 2.08.